The van der Waals surface area contributed by atoms with Crippen molar-refractivity contribution in [3.8, 4) is 0 Å². The molecule has 1 unspecified atom stereocenters. The molecule has 2 heterocycles. The van der Waals surface area contributed by atoms with Gasteiger partial charge in [0.25, 0.3) is 0 Å². The molecule has 1 aromatic rings. The quantitative estimate of drug-likeness (QED) is 0.861. The maximum absolute atomic E-state index is 5.93. The second kappa shape index (κ2) is 6.55. The zero-order chi connectivity index (χ0) is 13.1. The van der Waals surface area contributed by atoms with E-state index in [0.717, 1.165) is 33.9 Å². The number of nitrogens with two attached hydrogens (primary N) is 1. The van der Waals surface area contributed by atoms with Gasteiger partial charge in [0.2, 0.25) is 0 Å². The van der Waals surface area contributed by atoms with E-state index in [2.05, 4.69) is 43.7 Å². The molecule has 0 aliphatic carbocycles. The molecule has 18 heavy (non-hydrogen) atoms. The van der Waals surface area contributed by atoms with Crippen LogP contribution in [0.25, 0.3) is 0 Å². The molecule has 102 valence electrons. The highest BCUT2D eigenvalue weighted by molar-refractivity contribution is 9.13. The molecule has 1 saturated heterocycles. The predicted octanol–water partition coefficient (Wildman–Crippen LogP) is 3.93. The van der Waals surface area contributed by atoms with Crippen LogP contribution in [0.2, 0.25) is 0 Å². The van der Waals surface area contributed by atoms with E-state index in [1.807, 2.05) is 6.07 Å². The first-order chi connectivity index (χ1) is 8.65. The molecule has 1 atom stereocenters. The fourth-order valence-electron chi connectivity index (χ4n) is 2.65. The lowest BCUT2D eigenvalue weighted by molar-refractivity contribution is 0.120. The Hall–Kier alpha value is 0.160. The number of hydrogen-bond acceptors (Lipinski definition) is 3. The maximum atomic E-state index is 5.93. The summed E-state index contributed by atoms with van der Waals surface area (Å²) < 4.78 is 7.43. The fraction of sp³-hybridized carbons (Fsp3) is 0.692. The number of hydrogen-bond donors (Lipinski definition) is 1. The van der Waals surface area contributed by atoms with Gasteiger partial charge in [-0.25, -0.2) is 0 Å². The van der Waals surface area contributed by atoms with Gasteiger partial charge in [-0.3, -0.25) is 4.90 Å². The summed E-state index contributed by atoms with van der Waals surface area (Å²) in [6.45, 7) is 5.12. The van der Waals surface area contributed by atoms with Gasteiger partial charge in [-0.15, -0.1) is 0 Å². The zero-order valence-electron chi connectivity index (χ0n) is 10.7. The number of nitrogens with zero attached hydrogens (tertiary/aromatic N) is 1. The average Bonchev–Trinajstić information content (AvgIpc) is 2.71. The average molecular weight is 380 g/mol. The summed E-state index contributed by atoms with van der Waals surface area (Å²) in [7, 11) is 0. The summed E-state index contributed by atoms with van der Waals surface area (Å²) in [5.74, 6) is 1.83. The van der Waals surface area contributed by atoms with Crippen LogP contribution in [0.15, 0.2) is 19.6 Å². The minimum atomic E-state index is 0.199. The Morgan fingerprint density at radius 2 is 2.11 bits per heavy atom. The van der Waals surface area contributed by atoms with Gasteiger partial charge >= 0.3 is 0 Å². The van der Waals surface area contributed by atoms with Crippen molar-refractivity contribution in [2.75, 3.05) is 19.6 Å². The molecule has 1 aliphatic heterocycles. The van der Waals surface area contributed by atoms with Crippen molar-refractivity contribution in [3.63, 3.8) is 0 Å². The van der Waals surface area contributed by atoms with Gasteiger partial charge in [0.1, 0.15) is 5.76 Å². The second-order valence-corrected chi connectivity index (χ2v) is 6.48. The van der Waals surface area contributed by atoms with Gasteiger partial charge in [0.05, 0.1) is 10.5 Å². The van der Waals surface area contributed by atoms with Crippen molar-refractivity contribution in [1.82, 2.24) is 4.90 Å². The molecule has 0 saturated carbocycles. The lowest BCUT2D eigenvalue weighted by Crippen LogP contribution is -2.39. The molecule has 0 spiro atoms. The zero-order valence-corrected chi connectivity index (χ0v) is 13.8. The van der Waals surface area contributed by atoms with E-state index in [1.54, 1.807) is 0 Å². The van der Waals surface area contributed by atoms with Crippen LogP contribution < -0.4 is 5.73 Å². The molecular formula is C13H20Br2N2O. The van der Waals surface area contributed by atoms with Gasteiger partial charge in [0, 0.05) is 6.54 Å². The fourth-order valence-corrected chi connectivity index (χ4v) is 3.25. The summed E-state index contributed by atoms with van der Waals surface area (Å²) in [5, 5.41) is 0. The van der Waals surface area contributed by atoms with E-state index in [9.17, 15) is 0 Å². The number of furan rings is 1. The van der Waals surface area contributed by atoms with Crippen molar-refractivity contribution in [3.05, 3.63) is 21.0 Å². The van der Waals surface area contributed by atoms with E-state index < -0.39 is 0 Å². The third kappa shape index (κ3) is 3.18. The number of rotatable bonds is 4. The summed E-state index contributed by atoms with van der Waals surface area (Å²) in [6, 6.07) is 2.22. The molecule has 0 radical (unpaired) electrons. The normalized spacial score (nSPS) is 20.2. The van der Waals surface area contributed by atoms with Crippen LogP contribution in [0.5, 0.6) is 0 Å². The second-order valence-electron chi connectivity index (χ2n) is 4.91. The van der Waals surface area contributed by atoms with E-state index in [1.165, 1.54) is 19.3 Å². The van der Waals surface area contributed by atoms with E-state index >= 15 is 0 Å². The smallest absolute Gasteiger partial charge is 0.183 e. The third-order valence-electron chi connectivity index (χ3n) is 3.88. The Bertz CT molecular complexity index is 367. The minimum Gasteiger partial charge on any atom is -0.451 e. The van der Waals surface area contributed by atoms with E-state index in [0.29, 0.717) is 6.54 Å². The molecule has 1 aliphatic rings. The molecule has 1 aromatic heterocycles. The van der Waals surface area contributed by atoms with Crippen molar-refractivity contribution in [2.45, 2.75) is 32.2 Å². The molecule has 0 bridgehead atoms. The first-order valence-corrected chi connectivity index (χ1v) is 8.13. The van der Waals surface area contributed by atoms with Gasteiger partial charge in [-0.05, 0) is 69.8 Å². The Morgan fingerprint density at radius 3 is 2.56 bits per heavy atom. The van der Waals surface area contributed by atoms with Crippen molar-refractivity contribution < 1.29 is 4.42 Å². The third-order valence-corrected chi connectivity index (χ3v) is 5.59. The van der Waals surface area contributed by atoms with Crippen LogP contribution in [0.3, 0.4) is 0 Å². The molecule has 1 fully saturated rings. The maximum Gasteiger partial charge on any atom is 0.183 e. The monoisotopic (exact) mass is 378 g/mol. The highest BCUT2D eigenvalue weighted by Gasteiger charge is 2.27. The van der Waals surface area contributed by atoms with Crippen LogP contribution in [0, 0.1) is 5.92 Å². The molecular weight excluding hydrogens is 360 g/mol. The number of likely N-dealkylation sites (tertiary alicyclic amines) is 1. The van der Waals surface area contributed by atoms with Crippen molar-refractivity contribution in [1.29, 1.82) is 0 Å². The largest absolute Gasteiger partial charge is 0.451 e. The Balaban J connectivity index is 2.05. The van der Waals surface area contributed by atoms with Crippen molar-refractivity contribution >= 4 is 31.9 Å². The van der Waals surface area contributed by atoms with Crippen LogP contribution in [-0.2, 0) is 0 Å². The first kappa shape index (κ1) is 14.6. The van der Waals surface area contributed by atoms with Gasteiger partial charge < -0.3 is 10.2 Å². The molecule has 3 nitrogen and oxygen atoms in total. The SMILES string of the molecule is CCC1CCN(C(CN)c2cc(Br)c(Br)o2)CC1. The Kier molecular flexibility index (Phi) is 5.30. The summed E-state index contributed by atoms with van der Waals surface area (Å²) >= 11 is 6.84. The summed E-state index contributed by atoms with van der Waals surface area (Å²) in [5.41, 5.74) is 5.93. The van der Waals surface area contributed by atoms with Crippen LogP contribution in [0.1, 0.15) is 38.0 Å². The van der Waals surface area contributed by atoms with Gasteiger partial charge in [-0.2, -0.15) is 0 Å². The highest BCUT2D eigenvalue weighted by Crippen LogP contribution is 2.33. The number of halogens is 2. The van der Waals surface area contributed by atoms with Gasteiger partial charge in [0.15, 0.2) is 4.67 Å². The molecule has 2 N–H and O–H groups in total. The van der Waals surface area contributed by atoms with Crippen molar-refractivity contribution in [2.24, 2.45) is 11.7 Å². The topological polar surface area (TPSA) is 42.4 Å². The Morgan fingerprint density at radius 1 is 1.44 bits per heavy atom. The minimum absolute atomic E-state index is 0.199. The van der Waals surface area contributed by atoms with Crippen LogP contribution in [0.4, 0.5) is 0 Å². The lowest BCUT2D eigenvalue weighted by Gasteiger charge is -2.35. The molecule has 2 rings (SSSR count). The lowest BCUT2D eigenvalue weighted by atomic mass is 9.93. The van der Waals surface area contributed by atoms with E-state index in [-0.39, 0.29) is 6.04 Å². The molecule has 0 aromatic carbocycles. The predicted molar refractivity (Wildman–Crippen MR) is 80.5 cm³/mol. The van der Waals surface area contributed by atoms with Crippen LogP contribution in [-0.4, -0.2) is 24.5 Å². The molecule has 5 heteroatoms. The first-order valence-electron chi connectivity index (χ1n) is 6.54. The summed E-state index contributed by atoms with van der Waals surface area (Å²) in [4.78, 5) is 2.45. The Labute approximate surface area is 125 Å². The van der Waals surface area contributed by atoms with Crippen LogP contribution >= 0.6 is 31.9 Å². The highest BCUT2D eigenvalue weighted by atomic mass is 79.9. The van der Waals surface area contributed by atoms with E-state index in [4.69, 9.17) is 10.2 Å². The molecule has 0 amide bonds. The van der Waals surface area contributed by atoms with Gasteiger partial charge in [-0.1, -0.05) is 13.3 Å². The standard InChI is InChI=1S/C13H20Br2N2O/c1-2-9-3-5-17(6-4-9)11(8-16)12-7-10(14)13(15)18-12/h7,9,11H,2-6,8,16H2,1H3. The summed E-state index contributed by atoms with van der Waals surface area (Å²) in [6.07, 6.45) is 3.84. The number of piperidine rings is 1.